The topological polar surface area (TPSA) is 56.7 Å². The second kappa shape index (κ2) is 3.62. The Bertz CT molecular complexity index is 487. The van der Waals surface area contributed by atoms with E-state index in [2.05, 4.69) is 15.3 Å². The third-order valence-electron chi connectivity index (χ3n) is 1.75. The minimum Gasteiger partial charge on any atom is -0.421 e. The molecule has 86 valence electrons. The first-order valence-electron chi connectivity index (χ1n) is 4.34. The van der Waals surface area contributed by atoms with Crippen LogP contribution in [0.1, 0.15) is 5.89 Å². The Hall–Kier alpha value is -1.86. The second-order valence-electron chi connectivity index (χ2n) is 3.17. The Morgan fingerprint density at radius 1 is 1.38 bits per heavy atom. The van der Waals surface area contributed by atoms with Crippen molar-refractivity contribution < 1.29 is 17.6 Å². The summed E-state index contributed by atoms with van der Waals surface area (Å²) in [4.78, 5) is 0. The monoisotopic (exact) mass is 232 g/mol. The largest absolute Gasteiger partial charge is 0.421 e. The molecule has 0 spiro atoms. The molecule has 0 aliphatic heterocycles. The lowest BCUT2D eigenvalue weighted by atomic mass is 10.4. The van der Waals surface area contributed by atoms with Crippen molar-refractivity contribution in [2.24, 2.45) is 0 Å². The standard InChI is InChI=1S/C8H7F3N4O/c1-5-13-14-7(16-5)6-2-12-15(3-6)4-8(9,10)11/h2-3H,4H2,1H3. The number of aryl methyl sites for hydroxylation is 1. The maximum absolute atomic E-state index is 12.0. The van der Waals surface area contributed by atoms with Crippen LogP contribution in [-0.4, -0.2) is 26.2 Å². The van der Waals surface area contributed by atoms with Crippen LogP contribution in [0.25, 0.3) is 11.5 Å². The first-order chi connectivity index (χ1) is 7.44. The summed E-state index contributed by atoms with van der Waals surface area (Å²) in [6.07, 6.45) is -1.84. The van der Waals surface area contributed by atoms with Gasteiger partial charge in [-0.15, -0.1) is 10.2 Å². The van der Waals surface area contributed by atoms with Gasteiger partial charge in [0.15, 0.2) is 0 Å². The van der Waals surface area contributed by atoms with Crippen LogP contribution in [0, 0.1) is 6.92 Å². The smallest absolute Gasteiger partial charge is 0.408 e. The van der Waals surface area contributed by atoms with Crippen LogP contribution in [0.15, 0.2) is 16.8 Å². The van der Waals surface area contributed by atoms with Gasteiger partial charge >= 0.3 is 6.18 Å². The van der Waals surface area contributed by atoms with Gasteiger partial charge in [0.2, 0.25) is 5.89 Å². The third-order valence-corrected chi connectivity index (χ3v) is 1.75. The van der Waals surface area contributed by atoms with Crippen LogP contribution in [0.2, 0.25) is 0 Å². The maximum atomic E-state index is 12.0. The van der Waals surface area contributed by atoms with Crippen LogP contribution < -0.4 is 0 Å². The Morgan fingerprint density at radius 3 is 2.69 bits per heavy atom. The predicted octanol–water partition coefficient (Wildman–Crippen LogP) is 1.80. The summed E-state index contributed by atoms with van der Waals surface area (Å²) in [6.45, 7) is 0.455. The Morgan fingerprint density at radius 2 is 2.12 bits per heavy atom. The summed E-state index contributed by atoms with van der Waals surface area (Å²) in [5.41, 5.74) is 0.366. The van der Waals surface area contributed by atoms with Gasteiger partial charge in [0.25, 0.3) is 5.89 Å². The fraction of sp³-hybridized carbons (Fsp3) is 0.375. The molecule has 0 bridgehead atoms. The molecule has 16 heavy (non-hydrogen) atoms. The normalized spacial score (nSPS) is 12.0. The van der Waals surface area contributed by atoms with Crippen LogP contribution in [0.4, 0.5) is 13.2 Å². The van der Waals surface area contributed by atoms with Gasteiger partial charge in [-0.05, 0) is 0 Å². The summed E-state index contributed by atoms with van der Waals surface area (Å²) in [5.74, 6) is 0.504. The van der Waals surface area contributed by atoms with Crippen molar-refractivity contribution >= 4 is 0 Å². The molecule has 0 aliphatic rings. The minimum atomic E-state index is -4.30. The van der Waals surface area contributed by atoms with Crippen LogP contribution in [0.5, 0.6) is 0 Å². The molecule has 0 amide bonds. The molecule has 0 saturated carbocycles. The van der Waals surface area contributed by atoms with Crippen LogP contribution in [0.3, 0.4) is 0 Å². The molecule has 0 saturated heterocycles. The van der Waals surface area contributed by atoms with Crippen molar-refractivity contribution in [2.45, 2.75) is 19.6 Å². The highest BCUT2D eigenvalue weighted by atomic mass is 19.4. The molecule has 0 aromatic carbocycles. The number of rotatable bonds is 2. The zero-order valence-corrected chi connectivity index (χ0v) is 8.19. The number of aromatic nitrogens is 4. The van der Waals surface area contributed by atoms with Crippen molar-refractivity contribution in [2.75, 3.05) is 0 Å². The molecule has 0 fully saturated rings. The van der Waals surface area contributed by atoms with E-state index in [1.54, 1.807) is 6.92 Å². The first kappa shape index (κ1) is 10.7. The van der Waals surface area contributed by atoms with E-state index in [1.165, 1.54) is 12.4 Å². The summed E-state index contributed by atoms with van der Waals surface area (Å²) in [7, 11) is 0. The van der Waals surface area contributed by atoms with E-state index in [0.717, 1.165) is 4.68 Å². The van der Waals surface area contributed by atoms with Crippen molar-refractivity contribution in [3.05, 3.63) is 18.3 Å². The quantitative estimate of drug-likeness (QED) is 0.792. The van der Waals surface area contributed by atoms with Gasteiger partial charge in [-0.25, -0.2) is 0 Å². The molecule has 2 heterocycles. The lowest BCUT2D eigenvalue weighted by Crippen LogP contribution is -2.17. The fourth-order valence-electron chi connectivity index (χ4n) is 1.16. The average molecular weight is 232 g/mol. The molecule has 2 aromatic heterocycles. The number of hydrogen-bond acceptors (Lipinski definition) is 4. The van der Waals surface area contributed by atoms with Crippen molar-refractivity contribution in [3.8, 4) is 11.5 Å². The fourth-order valence-corrected chi connectivity index (χ4v) is 1.16. The summed E-state index contributed by atoms with van der Waals surface area (Å²) in [5, 5.41) is 10.8. The Labute approximate surface area is 87.9 Å². The van der Waals surface area contributed by atoms with E-state index in [1.807, 2.05) is 0 Å². The molecule has 8 heteroatoms. The van der Waals surface area contributed by atoms with E-state index in [0.29, 0.717) is 11.5 Å². The van der Waals surface area contributed by atoms with Gasteiger partial charge < -0.3 is 4.42 Å². The molecule has 0 atom stereocenters. The molecule has 0 radical (unpaired) electrons. The summed E-state index contributed by atoms with van der Waals surface area (Å²) >= 11 is 0. The highest BCUT2D eigenvalue weighted by molar-refractivity contribution is 5.48. The molecular formula is C8H7F3N4O. The summed E-state index contributed by atoms with van der Waals surface area (Å²) < 4.78 is 42.0. The van der Waals surface area contributed by atoms with Gasteiger partial charge in [-0.3, -0.25) is 4.68 Å². The van der Waals surface area contributed by atoms with E-state index in [4.69, 9.17) is 4.42 Å². The highest BCUT2D eigenvalue weighted by Gasteiger charge is 2.28. The van der Waals surface area contributed by atoms with E-state index in [9.17, 15) is 13.2 Å². The van der Waals surface area contributed by atoms with Gasteiger partial charge in [0.1, 0.15) is 6.54 Å². The van der Waals surface area contributed by atoms with Crippen LogP contribution in [-0.2, 0) is 6.54 Å². The van der Waals surface area contributed by atoms with Crippen molar-refractivity contribution in [1.82, 2.24) is 20.0 Å². The number of hydrogen-bond donors (Lipinski definition) is 0. The lowest BCUT2D eigenvalue weighted by Gasteiger charge is -2.04. The number of alkyl halides is 3. The predicted molar refractivity (Wildman–Crippen MR) is 46.3 cm³/mol. The van der Waals surface area contributed by atoms with Crippen LogP contribution >= 0.6 is 0 Å². The van der Waals surface area contributed by atoms with E-state index >= 15 is 0 Å². The maximum Gasteiger partial charge on any atom is 0.408 e. The first-order valence-corrected chi connectivity index (χ1v) is 4.34. The molecule has 2 aromatic rings. The molecule has 5 nitrogen and oxygen atoms in total. The average Bonchev–Trinajstić information content (AvgIpc) is 2.71. The number of halogens is 3. The van der Waals surface area contributed by atoms with Crippen molar-refractivity contribution in [1.29, 1.82) is 0 Å². The molecule has 0 N–H and O–H groups in total. The van der Waals surface area contributed by atoms with Crippen molar-refractivity contribution in [3.63, 3.8) is 0 Å². The molecule has 2 rings (SSSR count). The van der Waals surface area contributed by atoms with E-state index < -0.39 is 12.7 Å². The zero-order valence-electron chi connectivity index (χ0n) is 8.19. The molecular weight excluding hydrogens is 225 g/mol. The van der Waals surface area contributed by atoms with E-state index in [-0.39, 0.29) is 5.89 Å². The SMILES string of the molecule is Cc1nnc(-c2cnn(CC(F)(F)F)c2)o1. The third kappa shape index (κ3) is 2.38. The summed E-state index contributed by atoms with van der Waals surface area (Å²) in [6, 6.07) is 0. The lowest BCUT2D eigenvalue weighted by molar-refractivity contribution is -0.142. The second-order valence-corrected chi connectivity index (χ2v) is 3.17. The van der Waals surface area contributed by atoms with Gasteiger partial charge in [-0.1, -0.05) is 0 Å². The zero-order chi connectivity index (χ0) is 11.8. The Kier molecular flexibility index (Phi) is 2.41. The number of nitrogens with zero attached hydrogens (tertiary/aromatic N) is 4. The van der Waals surface area contributed by atoms with Gasteiger partial charge in [0.05, 0.1) is 11.8 Å². The Balaban J connectivity index is 2.20. The highest BCUT2D eigenvalue weighted by Crippen LogP contribution is 2.20. The van der Waals surface area contributed by atoms with Gasteiger partial charge in [-0.2, -0.15) is 18.3 Å². The molecule has 0 aliphatic carbocycles. The minimum absolute atomic E-state index is 0.158. The molecule has 0 unspecified atom stereocenters. The van der Waals surface area contributed by atoms with Gasteiger partial charge in [0, 0.05) is 13.1 Å².